The molecule has 1 atom stereocenters. The second kappa shape index (κ2) is 5.16. The number of carbonyl (C=O) groups is 1. The van der Waals surface area contributed by atoms with Crippen LogP contribution in [-0.4, -0.2) is 34.3 Å². The van der Waals surface area contributed by atoms with Gasteiger partial charge in [-0.25, -0.2) is 4.79 Å². The Labute approximate surface area is 96.2 Å². The third kappa shape index (κ3) is 3.70. The zero-order valence-corrected chi connectivity index (χ0v) is 10.0. The molecule has 0 aromatic heterocycles. The topological polar surface area (TPSA) is 49.8 Å². The van der Waals surface area contributed by atoms with Crippen LogP contribution in [0.3, 0.4) is 0 Å². The Balaban J connectivity index is 2.66. The molecule has 0 spiro atoms. The van der Waals surface area contributed by atoms with E-state index in [4.69, 9.17) is 9.84 Å². The summed E-state index contributed by atoms with van der Waals surface area (Å²) in [6.07, 6.45) is 7.32. The van der Waals surface area contributed by atoms with Gasteiger partial charge in [-0.15, -0.1) is 0 Å². The Kier molecular flexibility index (Phi) is 4.12. The quantitative estimate of drug-likeness (QED) is 0.782. The largest absolute Gasteiger partial charge is 0.443 e. The van der Waals surface area contributed by atoms with E-state index < -0.39 is 5.60 Å². The fraction of sp³-hybridized carbons (Fsp3) is 0.583. The molecule has 4 heteroatoms. The maximum atomic E-state index is 11.8. The summed E-state index contributed by atoms with van der Waals surface area (Å²) in [4.78, 5) is 13.3. The van der Waals surface area contributed by atoms with E-state index in [9.17, 15) is 4.79 Å². The van der Waals surface area contributed by atoms with Crippen molar-refractivity contribution < 1.29 is 14.6 Å². The molecule has 90 valence electrons. The predicted octanol–water partition coefficient (Wildman–Crippen LogP) is 2.06. The van der Waals surface area contributed by atoms with Gasteiger partial charge in [0.15, 0.2) is 0 Å². The average Bonchev–Trinajstić information content (AvgIpc) is 2.16. The molecule has 0 saturated heterocycles. The smallest absolute Gasteiger partial charge is 0.414 e. The van der Waals surface area contributed by atoms with Gasteiger partial charge in [0.05, 0.1) is 6.04 Å². The number of carbonyl (C=O) groups excluding carboxylic acids is 1. The van der Waals surface area contributed by atoms with Gasteiger partial charge in [-0.05, 0) is 33.3 Å². The lowest BCUT2D eigenvalue weighted by molar-refractivity contribution is 0.0281. The molecule has 1 unspecified atom stereocenters. The molecule has 1 aliphatic rings. The van der Waals surface area contributed by atoms with Gasteiger partial charge in [-0.2, -0.15) is 0 Å². The molecule has 0 radical (unpaired) electrons. The van der Waals surface area contributed by atoms with Crippen LogP contribution in [0, 0.1) is 0 Å². The number of rotatable bonds is 2. The van der Waals surface area contributed by atoms with Crippen molar-refractivity contribution in [3.05, 3.63) is 24.4 Å². The second-order valence-electron chi connectivity index (χ2n) is 4.69. The number of hydrogen-bond donors (Lipinski definition) is 1. The number of nitrogens with zero attached hydrogens (tertiary/aromatic N) is 1. The van der Waals surface area contributed by atoms with E-state index in [1.165, 1.54) is 4.90 Å². The SMILES string of the molecule is CC(C)(C)OC(=O)N1C=CC=CC1CCO. The van der Waals surface area contributed by atoms with Gasteiger partial charge in [0.25, 0.3) is 0 Å². The zero-order valence-electron chi connectivity index (χ0n) is 10.0. The summed E-state index contributed by atoms with van der Waals surface area (Å²) in [5.41, 5.74) is -0.504. The lowest BCUT2D eigenvalue weighted by Gasteiger charge is -2.30. The van der Waals surface area contributed by atoms with Gasteiger partial charge >= 0.3 is 6.09 Å². The highest BCUT2D eigenvalue weighted by molar-refractivity contribution is 5.70. The van der Waals surface area contributed by atoms with Crippen molar-refractivity contribution in [2.24, 2.45) is 0 Å². The highest BCUT2D eigenvalue weighted by atomic mass is 16.6. The van der Waals surface area contributed by atoms with Crippen LogP contribution in [-0.2, 0) is 4.74 Å². The summed E-state index contributed by atoms with van der Waals surface area (Å²) < 4.78 is 5.27. The summed E-state index contributed by atoms with van der Waals surface area (Å²) in [6.45, 7) is 5.53. The normalized spacial score (nSPS) is 20.0. The van der Waals surface area contributed by atoms with Crippen LogP contribution in [0.25, 0.3) is 0 Å². The van der Waals surface area contributed by atoms with Crippen molar-refractivity contribution in [2.45, 2.75) is 38.8 Å². The molecule has 16 heavy (non-hydrogen) atoms. The summed E-state index contributed by atoms with van der Waals surface area (Å²) in [7, 11) is 0. The zero-order chi connectivity index (χ0) is 12.2. The van der Waals surface area contributed by atoms with Gasteiger partial charge in [-0.1, -0.05) is 12.2 Å². The molecule has 1 aliphatic heterocycles. The summed E-state index contributed by atoms with van der Waals surface area (Å²) in [5, 5.41) is 8.91. The maximum Gasteiger partial charge on any atom is 0.414 e. The molecule has 0 fully saturated rings. The molecule has 0 aromatic carbocycles. The van der Waals surface area contributed by atoms with Crippen LogP contribution in [0.1, 0.15) is 27.2 Å². The molecular weight excluding hydrogens is 206 g/mol. The molecule has 1 N–H and O–H groups in total. The van der Waals surface area contributed by atoms with Gasteiger partial charge < -0.3 is 9.84 Å². The summed E-state index contributed by atoms with van der Waals surface area (Å²) >= 11 is 0. The number of allylic oxidation sites excluding steroid dienone is 2. The fourth-order valence-corrected chi connectivity index (χ4v) is 1.42. The van der Waals surface area contributed by atoms with Crippen molar-refractivity contribution in [2.75, 3.05) is 6.61 Å². The maximum absolute atomic E-state index is 11.8. The Bertz CT molecular complexity index is 302. The fourth-order valence-electron chi connectivity index (χ4n) is 1.42. The number of aliphatic hydroxyl groups excluding tert-OH is 1. The van der Waals surface area contributed by atoms with E-state index in [1.807, 2.05) is 32.9 Å². The molecule has 4 nitrogen and oxygen atoms in total. The lowest BCUT2D eigenvalue weighted by atomic mass is 10.1. The molecular formula is C12H19NO3. The van der Waals surface area contributed by atoms with E-state index in [0.29, 0.717) is 6.42 Å². The third-order valence-corrected chi connectivity index (χ3v) is 2.08. The monoisotopic (exact) mass is 225 g/mol. The first-order valence-electron chi connectivity index (χ1n) is 5.41. The molecule has 0 bridgehead atoms. The summed E-state index contributed by atoms with van der Waals surface area (Å²) in [5.74, 6) is 0. The van der Waals surface area contributed by atoms with Crippen LogP contribution in [0.4, 0.5) is 4.79 Å². The Morgan fingerprint density at radius 1 is 1.44 bits per heavy atom. The first-order chi connectivity index (χ1) is 7.44. The summed E-state index contributed by atoms with van der Waals surface area (Å²) in [6, 6.07) is -0.121. The Morgan fingerprint density at radius 2 is 2.12 bits per heavy atom. The minimum Gasteiger partial charge on any atom is -0.443 e. The number of ether oxygens (including phenoxy) is 1. The van der Waals surface area contributed by atoms with Crippen molar-refractivity contribution in [1.82, 2.24) is 4.90 Å². The molecule has 0 aromatic rings. The molecule has 1 heterocycles. The Hall–Kier alpha value is -1.29. The molecule has 0 saturated carbocycles. The third-order valence-electron chi connectivity index (χ3n) is 2.08. The van der Waals surface area contributed by atoms with Crippen LogP contribution in [0.15, 0.2) is 24.4 Å². The predicted molar refractivity (Wildman–Crippen MR) is 61.8 cm³/mol. The first-order valence-corrected chi connectivity index (χ1v) is 5.41. The van der Waals surface area contributed by atoms with E-state index in [2.05, 4.69) is 0 Å². The molecule has 0 aliphatic carbocycles. The standard InChI is InChI=1S/C12H19NO3/c1-12(2,3)16-11(15)13-8-5-4-6-10(13)7-9-14/h4-6,8,10,14H,7,9H2,1-3H3. The minimum absolute atomic E-state index is 0.0438. The highest BCUT2D eigenvalue weighted by Gasteiger charge is 2.25. The van der Waals surface area contributed by atoms with Crippen LogP contribution in [0.5, 0.6) is 0 Å². The van der Waals surface area contributed by atoms with Gasteiger partial charge in [0.2, 0.25) is 0 Å². The second-order valence-corrected chi connectivity index (χ2v) is 4.69. The van der Waals surface area contributed by atoms with Crippen LogP contribution >= 0.6 is 0 Å². The van der Waals surface area contributed by atoms with Crippen molar-refractivity contribution in [1.29, 1.82) is 0 Å². The van der Waals surface area contributed by atoms with Crippen molar-refractivity contribution in [3.63, 3.8) is 0 Å². The van der Waals surface area contributed by atoms with Crippen molar-refractivity contribution >= 4 is 6.09 Å². The van der Waals surface area contributed by atoms with Gasteiger partial charge in [-0.3, -0.25) is 4.90 Å². The highest BCUT2D eigenvalue weighted by Crippen LogP contribution is 2.17. The molecule has 1 amide bonds. The molecule has 1 rings (SSSR count). The van der Waals surface area contributed by atoms with Gasteiger partial charge in [0.1, 0.15) is 5.60 Å². The van der Waals surface area contributed by atoms with Crippen LogP contribution in [0.2, 0.25) is 0 Å². The van der Waals surface area contributed by atoms with E-state index in [0.717, 1.165) is 0 Å². The van der Waals surface area contributed by atoms with E-state index in [-0.39, 0.29) is 18.7 Å². The minimum atomic E-state index is -0.504. The number of amides is 1. The van der Waals surface area contributed by atoms with E-state index >= 15 is 0 Å². The van der Waals surface area contributed by atoms with E-state index in [1.54, 1.807) is 12.3 Å². The van der Waals surface area contributed by atoms with Gasteiger partial charge in [0, 0.05) is 12.8 Å². The lowest BCUT2D eigenvalue weighted by Crippen LogP contribution is -2.40. The number of aliphatic hydroxyl groups is 1. The Morgan fingerprint density at radius 3 is 2.69 bits per heavy atom. The average molecular weight is 225 g/mol. The van der Waals surface area contributed by atoms with Crippen LogP contribution < -0.4 is 0 Å². The first kappa shape index (κ1) is 12.8. The number of hydrogen-bond acceptors (Lipinski definition) is 3. The van der Waals surface area contributed by atoms with Crippen molar-refractivity contribution in [3.8, 4) is 0 Å².